The molecule has 1 aliphatic heterocycles. The first kappa shape index (κ1) is 33.4. The van der Waals surface area contributed by atoms with E-state index in [0.717, 1.165) is 44.2 Å². The zero-order chi connectivity index (χ0) is 37.7. The predicted molar refractivity (Wildman–Crippen MR) is 236 cm³/mol. The van der Waals surface area contributed by atoms with Crippen molar-refractivity contribution in [2.45, 2.75) is 16.1 Å². The van der Waals surface area contributed by atoms with E-state index in [4.69, 9.17) is 19.9 Å². The molecule has 2 unspecified atom stereocenters. The van der Waals surface area contributed by atoms with E-state index in [2.05, 4.69) is 133 Å². The Bertz CT molecular complexity index is 2970. The number of pyridine rings is 1. The van der Waals surface area contributed by atoms with Crippen molar-refractivity contribution >= 4 is 33.4 Å². The number of fused-ring (bicyclic) bond motifs is 6. The highest BCUT2D eigenvalue weighted by atomic mass is 32.2. The maximum absolute atomic E-state index is 5.28. The average Bonchev–Trinajstić information content (AvgIpc) is 3.68. The minimum atomic E-state index is 0.446. The van der Waals surface area contributed by atoms with Gasteiger partial charge in [-0.3, -0.25) is 0 Å². The predicted octanol–water partition coefficient (Wildman–Crippen LogP) is 13.3. The van der Waals surface area contributed by atoms with E-state index in [-0.39, 0.29) is 0 Å². The van der Waals surface area contributed by atoms with E-state index in [9.17, 15) is 0 Å². The van der Waals surface area contributed by atoms with Crippen molar-refractivity contribution in [1.29, 1.82) is 0 Å². The van der Waals surface area contributed by atoms with Gasteiger partial charge in [0.2, 0.25) is 0 Å². The van der Waals surface area contributed by atoms with Crippen molar-refractivity contribution in [1.82, 2.24) is 19.9 Å². The molecular formula is C52H34N4S. The molecule has 268 valence electrons. The van der Waals surface area contributed by atoms with Gasteiger partial charge in [-0.05, 0) is 33.9 Å². The second-order valence-electron chi connectivity index (χ2n) is 14.5. The van der Waals surface area contributed by atoms with Gasteiger partial charge >= 0.3 is 0 Å². The minimum Gasteiger partial charge on any atom is -0.247 e. The molecule has 0 amide bonds. The third-order valence-corrected chi connectivity index (χ3v) is 12.5. The van der Waals surface area contributed by atoms with E-state index in [1.165, 1.54) is 38.1 Å². The molecule has 0 bridgehead atoms. The van der Waals surface area contributed by atoms with Gasteiger partial charge in [-0.25, -0.2) is 19.9 Å². The van der Waals surface area contributed by atoms with Crippen molar-refractivity contribution in [3.63, 3.8) is 0 Å². The molecule has 0 spiro atoms. The third kappa shape index (κ3) is 5.95. The van der Waals surface area contributed by atoms with E-state index >= 15 is 0 Å². The van der Waals surface area contributed by atoms with Crippen LogP contribution in [0.2, 0.25) is 0 Å². The molecule has 2 aromatic heterocycles. The molecular weight excluding hydrogens is 713 g/mol. The summed E-state index contributed by atoms with van der Waals surface area (Å²) in [4.78, 5) is 21.5. The Hall–Kier alpha value is -6.95. The molecule has 57 heavy (non-hydrogen) atoms. The minimum absolute atomic E-state index is 0.446. The number of hydrogen-bond donors (Lipinski definition) is 0. The molecule has 0 saturated carbocycles. The number of benzene rings is 7. The lowest BCUT2D eigenvalue weighted by atomic mass is 9.89. The summed E-state index contributed by atoms with van der Waals surface area (Å²) in [5, 5.41) is 3.92. The molecule has 0 radical (unpaired) electrons. The first-order valence-electron chi connectivity index (χ1n) is 19.3. The van der Waals surface area contributed by atoms with Gasteiger partial charge in [0.15, 0.2) is 17.5 Å². The first-order valence-corrected chi connectivity index (χ1v) is 20.2. The van der Waals surface area contributed by atoms with Gasteiger partial charge in [0.05, 0.1) is 11.2 Å². The summed E-state index contributed by atoms with van der Waals surface area (Å²) in [7, 11) is 0. The summed E-state index contributed by atoms with van der Waals surface area (Å²) in [6, 6.07) is 59.6. The van der Waals surface area contributed by atoms with Crippen molar-refractivity contribution in [3.8, 4) is 67.7 Å². The number of para-hydroxylation sites is 1. The van der Waals surface area contributed by atoms with Crippen LogP contribution in [0.1, 0.15) is 11.5 Å². The van der Waals surface area contributed by atoms with Crippen LogP contribution < -0.4 is 0 Å². The van der Waals surface area contributed by atoms with Gasteiger partial charge in [0.25, 0.3) is 0 Å². The number of thioether (sulfide) groups is 1. The lowest BCUT2D eigenvalue weighted by molar-refractivity contribution is 0.881. The summed E-state index contributed by atoms with van der Waals surface area (Å²) in [5.74, 6) is 2.36. The standard InChI is InChI=1S/C52H34N4S/c1-3-13-36(14-4-1)50-54-51(37-15-5-2-6-16-37)56-52(55-50)38-31-29-35(30-32-38)48-44-22-11-19-39(47(44)43-18-7-9-23-45(43)53-48)33-25-27-34(28-26-33)40-20-12-21-42-41-17-8-10-24-46(41)57-49(40)42/h1-32,41,46H. The number of nitrogens with zero attached hydrogens (tertiary/aromatic N) is 4. The fourth-order valence-corrected chi connectivity index (χ4v) is 9.78. The van der Waals surface area contributed by atoms with Crippen molar-refractivity contribution in [3.05, 3.63) is 200 Å². The Morgan fingerprint density at radius 1 is 0.386 bits per heavy atom. The molecule has 4 nitrogen and oxygen atoms in total. The Morgan fingerprint density at radius 3 is 1.61 bits per heavy atom. The second-order valence-corrected chi connectivity index (χ2v) is 15.7. The average molecular weight is 747 g/mol. The lowest BCUT2D eigenvalue weighted by Gasteiger charge is -2.15. The highest BCUT2D eigenvalue weighted by molar-refractivity contribution is 8.00. The maximum atomic E-state index is 5.28. The van der Waals surface area contributed by atoms with E-state index in [1.807, 2.05) is 72.4 Å². The Balaban J connectivity index is 0.988. The van der Waals surface area contributed by atoms with Crippen LogP contribution in [0.15, 0.2) is 199 Å². The van der Waals surface area contributed by atoms with Crippen molar-refractivity contribution in [2.24, 2.45) is 0 Å². The van der Waals surface area contributed by atoms with Crippen molar-refractivity contribution in [2.75, 3.05) is 0 Å². The van der Waals surface area contributed by atoms with Gasteiger partial charge in [0.1, 0.15) is 0 Å². The quantitative estimate of drug-likeness (QED) is 0.159. The Kier molecular flexibility index (Phi) is 8.18. The number of rotatable bonds is 6. The zero-order valence-electron chi connectivity index (χ0n) is 30.8. The van der Waals surface area contributed by atoms with Gasteiger partial charge in [0, 0.05) is 54.5 Å². The summed E-state index contributed by atoms with van der Waals surface area (Å²) < 4.78 is 0. The fourth-order valence-electron chi connectivity index (χ4n) is 8.30. The van der Waals surface area contributed by atoms with Gasteiger partial charge in [-0.1, -0.05) is 188 Å². The summed E-state index contributed by atoms with van der Waals surface area (Å²) in [5.41, 5.74) is 12.1. The summed E-state index contributed by atoms with van der Waals surface area (Å²) in [6.45, 7) is 0. The van der Waals surface area contributed by atoms with E-state index in [0.29, 0.717) is 28.6 Å². The Labute approximate surface area is 335 Å². The van der Waals surface area contributed by atoms with Crippen LogP contribution in [0.3, 0.4) is 0 Å². The van der Waals surface area contributed by atoms with E-state index in [1.54, 1.807) is 0 Å². The third-order valence-electron chi connectivity index (χ3n) is 11.1. The molecule has 3 heterocycles. The molecule has 2 aliphatic rings. The van der Waals surface area contributed by atoms with Crippen LogP contribution in [-0.4, -0.2) is 25.2 Å². The number of hydrogen-bond acceptors (Lipinski definition) is 5. The number of allylic oxidation sites excluding steroid dienone is 3. The zero-order valence-corrected chi connectivity index (χ0v) is 31.6. The molecule has 2 atom stereocenters. The second kappa shape index (κ2) is 14.0. The van der Waals surface area contributed by atoms with E-state index < -0.39 is 0 Å². The summed E-state index contributed by atoms with van der Waals surface area (Å²) in [6.07, 6.45) is 9.04. The van der Waals surface area contributed by atoms with Crippen LogP contribution in [0, 0.1) is 0 Å². The smallest absolute Gasteiger partial charge is 0.164 e. The molecule has 0 saturated heterocycles. The topological polar surface area (TPSA) is 51.6 Å². The molecule has 7 aromatic carbocycles. The van der Waals surface area contributed by atoms with Crippen LogP contribution in [0.5, 0.6) is 0 Å². The molecule has 5 heteroatoms. The molecule has 9 aromatic rings. The highest BCUT2D eigenvalue weighted by Crippen LogP contribution is 2.51. The highest BCUT2D eigenvalue weighted by Gasteiger charge is 2.32. The lowest BCUT2D eigenvalue weighted by Crippen LogP contribution is -2.06. The molecule has 0 N–H and O–H groups in total. The number of aromatic nitrogens is 4. The first-order chi connectivity index (χ1) is 28.2. The molecule has 1 aliphatic carbocycles. The van der Waals surface area contributed by atoms with Gasteiger partial charge in [-0.2, -0.15) is 0 Å². The van der Waals surface area contributed by atoms with Crippen LogP contribution in [-0.2, 0) is 0 Å². The maximum Gasteiger partial charge on any atom is 0.164 e. The Morgan fingerprint density at radius 2 is 0.912 bits per heavy atom. The van der Waals surface area contributed by atoms with Crippen LogP contribution >= 0.6 is 11.8 Å². The normalized spacial score (nSPS) is 15.5. The summed E-state index contributed by atoms with van der Waals surface area (Å²) >= 11 is 1.99. The van der Waals surface area contributed by atoms with Gasteiger partial charge in [-0.15, -0.1) is 11.8 Å². The molecule has 0 fully saturated rings. The van der Waals surface area contributed by atoms with Crippen LogP contribution in [0.25, 0.3) is 89.4 Å². The fraction of sp³-hybridized carbons (Fsp3) is 0.0385. The SMILES string of the molecule is C1=CC2Sc3c(-c4ccc(-c5cccc6c(-c7ccc(-c8nc(-c9ccccc9)nc(-c9ccccc9)n8)cc7)nc7ccccc7c56)cc4)cccc3C2C=C1. The molecule has 11 rings (SSSR count). The van der Waals surface area contributed by atoms with Gasteiger partial charge < -0.3 is 0 Å². The largest absolute Gasteiger partial charge is 0.247 e. The van der Waals surface area contributed by atoms with Crippen LogP contribution in [0.4, 0.5) is 0 Å². The monoisotopic (exact) mass is 746 g/mol. The van der Waals surface area contributed by atoms with Crippen molar-refractivity contribution < 1.29 is 0 Å².